The van der Waals surface area contributed by atoms with Gasteiger partial charge in [0, 0.05) is 0 Å². The lowest BCUT2D eigenvalue weighted by molar-refractivity contribution is -0.117. The van der Waals surface area contributed by atoms with E-state index in [4.69, 9.17) is 5.84 Å². The molecule has 0 aromatic carbocycles. The number of nitrogen functional groups attached to an aromatic ring is 1. The van der Waals surface area contributed by atoms with Crippen LogP contribution >= 0.6 is 0 Å². The summed E-state index contributed by atoms with van der Waals surface area (Å²) in [6.45, 7) is 2.89. The molecule has 0 bridgehead atoms. The smallest absolute Gasteiger partial charge is 0.159 e. The van der Waals surface area contributed by atoms with Crippen LogP contribution in [0.2, 0.25) is 0 Å². The molecule has 0 unspecified atom stereocenters. The van der Waals surface area contributed by atoms with Crippen molar-refractivity contribution in [2.45, 2.75) is 26.7 Å². The van der Waals surface area contributed by atoms with Crippen LogP contribution in [0.5, 0.6) is 0 Å². The van der Waals surface area contributed by atoms with Gasteiger partial charge in [-0.2, -0.15) is 0 Å². The Morgan fingerprint density at radius 1 is 1.14 bits per heavy atom. The van der Waals surface area contributed by atoms with Gasteiger partial charge in [-0.05, 0) is 13.8 Å². The highest BCUT2D eigenvalue weighted by Crippen LogP contribution is 1.99. The number of nitrogens with two attached hydrogens (primary N) is 1. The predicted octanol–water partition coefficient (Wildman–Crippen LogP) is -0.745. The number of nitrogens with zero attached hydrogens (tertiary/aromatic N) is 3. The molecule has 2 N–H and O–H groups in total. The summed E-state index contributed by atoms with van der Waals surface area (Å²) in [6, 6.07) is 0. The van der Waals surface area contributed by atoms with Crippen LogP contribution in [0.25, 0.3) is 0 Å². The van der Waals surface area contributed by atoms with Crippen molar-refractivity contribution in [2.24, 2.45) is 0 Å². The van der Waals surface area contributed by atoms with Crippen LogP contribution in [0.4, 0.5) is 0 Å². The zero-order chi connectivity index (χ0) is 10.7. The van der Waals surface area contributed by atoms with E-state index in [0.29, 0.717) is 11.6 Å². The molecule has 0 spiro atoms. The van der Waals surface area contributed by atoms with Crippen LogP contribution in [0, 0.1) is 0 Å². The van der Waals surface area contributed by atoms with Crippen molar-refractivity contribution in [1.82, 2.24) is 14.9 Å². The zero-order valence-corrected chi connectivity index (χ0v) is 8.15. The molecule has 0 atom stereocenters. The van der Waals surface area contributed by atoms with Gasteiger partial charge in [-0.15, -0.1) is 10.2 Å². The molecule has 0 saturated heterocycles. The van der Waals surface area contributed by atoms with Gasteiger partial charge in [-0.25, -0.2) is 4.68 Å². The lowest BCUT2D eigenvalue weighted by Crippen LogP contribution is -2.19. The van der Waals surface area contributed by atoms with E-state index >= 15 is 0 Å². The third-order valence-electron chi connectivity index (χ3n) is 1.65. The van der Waals surface area contributed by atoms with Gasteiger partial charge in [-0.3, -0.25) is 9.59 Å². The van der Waals surface area contributed by atoms with Gasteiger partial charge in [0.2, 0.25) is 0 Å². The Kier molecular flexibility index (Phi) is 2.95. The van der Waals surface area contributed by atoms with Crippen LogP contribution < -0.4 is 5.84 Å². The first-order valence-electron chi connectivity index (χ1n) is 4.18. The molecule has 0 aliphatic heterocycles. The summed E-state index contributed by atoms with van der Waals surface area (Å²) >= 11 is 0. The largest absolute Gasteiger partial charge is 0.336 e. The zero-order valence-electron chi connectivity index (χ0n) is 8.15. The molecule has 0 radical (unpaired) electrons. The summed E-state index contributed by atoms with van der Waals surface area (Å²) in [7, 11) is 0. The summed E-state index contributed by atoms with van der Waals surface area (Å²) in [4.78, 5) is 21.6. The van der Waals surface area contributed by atoms with Crippen molar-refractivity contribution in [2.75, 3.05) is 5.84 Å². The molecule has 1 aromatic rings. The molecule has 6 heteroatoms. The predicted molar refractivity (Wildman–Crippen MR) is 48.9 cm³/mol. The van der Waals surface area contributed by atoms with Crippen LogP contribution in [0.1, 0.15) is 25.5 Å². The summed E-state index contributed by atoms with van der Waals surface area (Å²) in [6.07, 6.45) is 0.281. The molecular weight excluding hydrogens is 184 g/mol. The molecule has 1 rings (SSSR count). The lowest BCUT2D eigenvalue weighted by Gasteiger charge is -1.99. The Morgan fingerprint density at radius 2 is 1.50 bits per heavy atom. The topological polar surface area (TPSA) is 90.9 Å². The SMILES string of the molecule is CC(=O)Cc1nnc(CC(C)=O)n1N. The Bertz CT molecular complexity index is 336. The number of aromatic nitrogens is 3. The first-order chi connectivity index (χ1) is 6.50. The number of hydrogen-bond donors (Lipinski definition) is 1. The fourth-order valence-electron chi connectivity index (χ4n) is 1.05. The normalized spacial score (nSPS) is 10.1. The summed E-state index contributed by atoms with van der Waals surface area (Å²) in [5, 5.41) is 7.45. The minimum absolute atomic E-state index is 0.0431. The molecule has 6 nitrogen and oxygen atoms in total. The number of hydrogen-bond acceptors (Lipinski definition) is 5. The number of ketones is 2. The number of rotatable bonds is 4. The average molecular weight is 196 g/mol. The minimum Gasteiger partial charge on any atom is -0.336 e. The third kappa shape index (κ3) is 2.38. The monoisotopic (exact) mass is 196 g/mol. The Balaban J connectivity index is 2.85. The molecule has 0 amide bonds. The average Bonchev–Trinajstić information content (AvgIpc) is 2.34. The molecule has 0 aliphatic rings. The van der Waals surface area contributed by atoms with Crippen LogP contribution in [0.3, 0.4) is 0 Å². The van der Waals surface area contributed by atoms with Crippen molar-refractivity contribution in [1.29, 1.82) is 0 Å². The standard InChI is InChI=1S/C8H12N4O2/c1-5(13)3-7-10-11-8(12(7)9)4-6(2)14/h3-4,9H2,1-2H3. The molecule has 14 heavy (non-hydrogen) atoms. The first-order valence-corrected chi connectivity index (χ1v) is 4.18. The Labute approximate surface area is 81.1 Å². The van der Waals surface area contributed by atoms with E-state index in [0.717, 1.165) is 0 Å². The third-order valence-corrected chi connectivity index (χ3v) is 1.65. The van der Waals surface area contributed by atoms with E-state index in [9.17, 15) is 9.59 Å². The van der Waals surface area contributed by atoms with Gasteiger partial charge in [0.05, 0.1) is 12.8 Å². The highest BCUT2D eigenvalue weighted by atomic mass is 16.1. The van der Waals surface area contributed by atoms with Crippen LogP contribution in [0.15, 0.2) is 0 Å². The van der Waals surface area contributed by atoms with Crippen molar-refractivity contribution >= 4 is 11.6 Å². The highest BCUT2D eigenvalue weighted by Gasteiger charge is 2.12. The Hall–Kier alpha value is -1.72. The van der Waals surface area contributed by atoms with Crippen molar-refractivity contribution in [3.8, 4) is 0 Å². The molecule has 1 heterocycles. The molecule has 0 saturated carbocycles. The second-order valence-corrected chi connectivity index (χ2v) is 3.16. The molecule has 0 aliphatic carbocycles. The summed E-state index contributed by atoms with van der Waals surface area (Å²) in [5.74, 6) is 6.27. The van der Waals surface area contributed by atoms with E-state index in [1.165, 1.54) is 18.5 Å². The van der Waals surface area contributed by atoms with E-state index in [-0.39, 0.29) is 24.4 Å². The summed E-state index contributed by atoms with van der Waals surface area (Å²) < 4.78 is 1.20. The molecular formula is C8H12N4O2. The highest BCUT2D eigenvalue weighted by molar-refractivity contribution is 5.78. The van der Waals surface area contributed by atoms with E-state index in [2.05, 4.69) is 10.2 Å². The molecule has 1 aromatic heterocycles. The van der Waals surface area contributed by atoms with Gasteiger partial charge < -0.3 is 5.84 Å². The fraction of sp³-hybridized carbons (Fsp3) is 0.500. The van der Waals surface area contributed by atoms with Gasteiger partial charge in [0.15, 0.2) is 11.6 Å². The second kappa shape index (κ2) is 3.99. The van der Waals surface area contributed by atoms with E-state index in [1.54, 1.807) is 0 Å². The van der Waals surface area contributed by atoms with E-state index < -0.39 is 0 Å². The Morgan fingerprint density at radius 3 is 1.79 bits per heavy atom. The number of carbonyl (C=O) groups excluding carboxylic acids is 2. The second-order valence-electron chi connectivity index (χ2n) is 3.16. The first kappa shape index (κ1) is 10.4. The molecule has 76 valence electrons. The van der Waals surface area contributed by atoms with Gasteiger partial charge in [0.1, 0.15) is 11.6 Å². The quantitative estimate of drug-likeness (QED) is 0.640. The lowest BCUT2D eigenvalue weighted by atomic mass is 10.3. The van der Waals surface area contributed by atoms with Crippen molar-refractivity contribution < 1.29 is 9.59 Å². The maximum Gasteiger partial charge on any atom is 0.159 e. The summed E-state index contributed by atoms with van der Waals surface area (Å²) in [5.41, 5.74) is 0. The number of Topliss-reactive ketones (excluding diaryl/α,β-unsaturated/α-hetero) is 2. The number of carbonyl (C=O) groups is 2. The van der Waals surface area contributed by atoms with Gasteiger partial charge in [-0.1, -0.05) is 0 Å². The fourth-order valence-corrected chi connectivity index (χ4v) is 1.05. The molecule has 0 fully saturated rings. The van der Waals surface area contributed by atoms with Gasteiger partial charge >= 0.3 is 0 Å². The van der Waals surface area contributed by atoms with Crippen molar-refractivity contribution in [3.63, 3.8) is 0 Å². The maximum atomic E-state index is 10.8. The van der Waals surface area contributed by atoms with Gasteiger partial charge in [0.25, 0.3) is 0 Å². The van der Waals surface area contributed by atoms with Crippen LogP contribution in [-0.2, 0) is 22.4 Å². The van der Waals surface area contributed by atoms with E-state index in [1.807, 2.05) is 0 Å². The van der Waals surface area contributed by atoms with Crippen LogP contribution in [-0.4, -0.2) is 26.4 Å². The van der Waals surface area contributed by atoms with Crippen molar-refractivity contribution in [3.05, 3.63) is 11.6 Å². The maximum absolute atomic E-state index is 10.8. The minimum atomic E-state index is -0.0431.